The first-order chi connectivity index (χ1) is 4.93. The van der Waals surface area contributed by atoms with Gasteiger partial charge in [0.2, 0.25) is 0 Å². The molecule has 3 heteroatoms. The van der Waals surface area contributed by atoms with Gasteiger partial charge in [-0.15, -0.1) is 0 Å². The van der Waals surface area contributed by atoms with Gasteiger partial charge in [0.25, 0.3) is 0 Å². The summed E-state index contributed by atoms with van der Waals surface area (Å²) in [6.07, 6.45) is -1.56. The predicted octanol–water partition coefficient (Wildman–Crippen LogP) is 0.153. The van der Waals surface area contributed by atoms with Crippen LogP contribution < -0.4 is 0 Å². The van der Waals surface area contributed by atoms with Gasteiger partial charge in [-0.3, -0.25) is 0 Å². The minimum Gasteiger partial charge on any atom is -0.390 e. The van der Waals surface area contributed by atoms with E-state index < -0.39 is 12.2 Å². The number of rotatable bonds is 2. The Balaban J connectivity index is 2.45. The van der Waals surface area contributed by atoms with E-state index in [-0.39, 0.29) is 11.5 Å². The monoisotopic (exact) mass is 160 g/mol. The fourth-order valence-electron chi connectivity index (χ4n) is 0.968. The Hall–Kier alpha value is -0.120. The molecule has 1 saturated heterocycles. The van der Waals surface area contributed by atoms with Gasteiger partial charge in [0, 0.05) is 0 Å². The molecule has 0 bridgehead atoms. The van der Waals surface area contributed by atoms with Crippen molar-refractivity contribution in [3.8, 4) is 0 Å². The van der Waals surface area contributed by atoms with E-state index >= 15 is 0 Å². The van der Waals surface area contributed by atoms with Gasteiger partial charge in [-0.05, 0) is 5.41 Å². The van der Waals surface area contributed by atoms with Crippen LogP contribution in [-0.4, -0.2) is 35.1 Å². The van der Waals surface area contributed by atoms with Crippen molar-refractivity contribution >= 4 is 0 Å². The number of epoxide rings is 1. The summed E-state index contributed by atoms with van der Waals surface area (Å²) in [7, 11) is 0. The minimum absolute atomic E-state index is 0.135. The Morgan fingerprint density at radius 1 is 1.36 bits per heavy atom. The number of aliphatic hydroxyl groups excluding tert-OH is 2. The van der Waals surface area contributed by atoms with E-state index in [1.54, 1.807) is 0 Å². The third-order valence-corrected chi connectivity index (χ3v) is 1.95. The summed E-state index contributed by atoms with van der Waals surface area (Å²) >= 11 is 0. The minimum atomic E-state index is -0.727. The highest BCUT2D eigenvalue weighted by molar-refractivity contribution is 4.89. The third-order valence-electron chi connectivity index (χ3n) is 1.95. The summed E-state index contributed by atoms with van der Waals surface area (Å²) < 4.78 is 4.88. The van der Waals surface area contributed by atoms with Gasteiger partial charge in [0.05, 0.1) is 12.7 Å². The second-order valence-corrected chi connectivity index (χ2v) is 4.17. The van der Waals surface area contributed by atoms with Gasteiger partial charge < -0.3 is 14.9 Å². The molecule has 2 N–H and O–H groups in total. The molecule has 0 saturated carbocycles. The average Bonchev–Trinajstić information content (AvgIpc) is 2.63. The molecule has 1 heterocycles. The molecule has 3 nitrogen and oxygen atoms in total. The third kappa shape index (κ3) is 2.15. The maximum absolute atomic E-state index is 9.53. The number of hydrogen-bond acceptors (Lipinski definition) is 3. The number of hydrogen-bond donors (Lipinski definition) is 2. The highest BCUT2D eigenvalue weighted by Gasteiger charge is 2.40. The summed E-state index contributed by atoms with van der Waals surface area (Å²) in [6.45, 7) is 6.25. The van der Waals surface area contributed by atoms with Crippen LogP contribution in [0.25, 0.3) is 0 Å². The molecule has 1 fully saturated rings. The summed E-state index contributed by atoms with van der Waals surface area (Å²) in [5, 5.41) is 19.0. The van der Waals surface area contributed by atoms with Gasteiger partial charge in [0.1, 0.15) is 12.2 Å². The number of aliphatic hydroxyl groups is 2. The van der Waals surface area contributed by atoms with Gasteiger partial charge in [-0.25, -0.2) is 0 Å². The first-order valence-electron chi connectivity index (χ1n) is 3.90. The van der Waals surface area contributed by atoms with Crippen molar-refractivity contribution in [1.29, 1.82) is 0 Å². The predicted molar refractivity (Wildman–Crippen MR) is 41.2 cm³/mol. The lowest BCUT2D eigenvalue weighted by molar-refractivity contribution is -0.0548. The van der Waals surface area contributed by atoms with Crippen molar-refractivity contribution in [2.24, 2.45) is 5.41 Å². The maximum atomic E-state index is 9.53. The average molecular weight is 160 g/mol. The SMILES string of the molecule is CC(C)(C)[C@H](O)[C@@H](O)[C@@H]1CO1. The molecule has 11 heavy (non-hydrogen) atoms. The van der Waals surface area contributed by atoms with Crippen LogP contribution in [0, 0.1) is 5.41 Å². The van der Waals surface area contributed by atoms with Crippen LogP contribution in [0.5, 0.6) is 0 Å². The molecule has 1 rings (SSSR count). The summed E-state index contributed by atoms with van der Waals surface area (Å²) in [6, 6.07) is 0. The zero-order chi connectivity index (χ0) is 8.65. The van der Waals surface area contributed by atoms with Crippen LogP contribution in [0.15, 0.2) is 0 Å². The van der Waals surface area contributed by atoms with Gasteiger partial charge in [-0.1, -0.05) is 20.8 Å². The second-order valence-electron chi connectivity index (χ2n) is 4.17. The van der Waals surface area contributed by atoms with Crippen LogP contribution in [0.4, 0.5) is 0 Å². The molecule has 0 aromatic rings. The van der Waals surface area contributed by atoms with Crippen LogP contribution in [0.3, 0.4) is 0 Å². The molecular formula is C8H16O3. The zero-order valence-electron chi connectivity index (χ0n) is 7.24. The van der Waals surface area contributed by atoms with Crippen LogP contribution in [0.2, 0.25) is 0 Å². The lowest BCUT2D eigenvalue weighted by Crippen LogP contribution is -2.40. The van der Waals surface area contributed by atoms with Crippen molar-refractivity contribution in [2.45, 2.75) is 39.1 Å². The van der Waals surface area contributed by atoms with E-state index in [0.29, 0.717) is 6.61 Å². The van der Waals surface area contributed by atoms with Crippen molar-refractivity contribution in [2.75, 3.05) is 6.61 Å². The van der Waals surface area contributed by atoms with Crippen molar-refractivity contribution in [3.05, 3.63) is 0 Å². The number of ether oxygens (including phenoxy) is 1. The molecule has 0 amide bonds. The van der Waals surface area contributed by atoms with Gasteiger partial charge in [0.15, 0.2) is 0 Å². The molecule has 0 aromatic heterocycles. The topological polar surface area (TPSA) is 53.0 Å². The fourth-order valence-corrected chi connectivity index (χ4v) is 0.968. The Morgan fingerprint density at radius 3 is 2.09 bits per heavy atom. The normalized spacial score (nSPS) is 29.7. The molecule has 3 atom stereocenters. The lowest BCUT2D eigenvalue weighted by Gasteiger charge is -2.28. The van der Waals surface area contributed by atoms with Crippen LogP contribution in [-0.2, 0) is 4.74 Å². The molecule has 0 spiro atoms. The largest absolute Gasteiger partial charge is 0.390 e. The van der Waals surface area contributed by atoms with Gasteiger partial charge >= 0.3 is 0 Å². The molecular weight excluding hydrogens is 144 g/mol. The first-order valence-corrected chi connectivity index (χ1v) is 3.90. The molecule has 0 aliphatic carbocycles. The van der Waals surface area contributed by atoms with E-state index in [2.05, 4.69) is 0 Å². The van der Waals surface area contributed by atoms with E-state index in [4.69, 9.17) is 4.74 Å². The molecule has 66 valence electrons. The Morgan fingerprint density at radius 2 is 1.82 bits per heavy atom. The summed E-state index contributed by atoms with van der Waals surface area (Å²) in [5.41, 5.74) is -0.272. The second kappa shape index (κ2) is 2.73. The quantitative estimate of drug-likeness (QED) is 0.565. The summed E-state index contributed by atoms with van der Waals surface area (Å²) in [5.74, 6) is 0. The highest BCUT2D eigenvalue weighted by Crippen LogP contribution is 2.27. The van der Waals surface area contributed by atoms with E-state index in [1.165, 1.54) is 0 Å². The highest BCUT2D eigenvalue weighted by atomic mass is 16.6. The molecule has 0 radical (unpaired) electrons. The smallest absolute Gasteiger partial charge is 0.109 e. The summed E-state index contributed by atoms with van der Waals surface area (Å²) in [4.78, 5) is 0. The molecule has 1 aliphatic rings. The Labute approximate surface area is 67.0 Å². The van der Waals surface area contributed by atoms with Crippen LogP contribution in [0.1, 0.15) is 20.8 Å². The standard InChI is InChI=1S/C8H16O3/c1-8(2,3)7(10)6(9)5-4-11-5/h5-7,9-10H,4H2,1-3H3/t5-,6-,7+/m0/s1. The van der Waals surface area contributed by atoms with Gasteiger partial charge in [-0.2, -0.15) is 0 Å². The van der Waals surface area contributed by atoms with E-state index in [9.17, 15) is 10.2 Å². The first kappa shape index (κ1) is 8.97. The Bertz CT molecular complexity index is 135. The van der Waals surface area contributed by atoms with Crippen LogP contribution >= 0.6 is 0 Å². The molecule has 0 unspecified atom stereocenters. The molecule has 0 aromatic carbocycles. The van der Waals surface area contributed by atoms with Crippen molar-refractivity contribution in [3.63, 3.8) is 0 Å². The van der Waals surface area contributed by atoms with Crippen molar-refractivity contribution < 1.29 is 14.9 Å². The maximum Gasteiger partial charge on any atom is 0.109 e. The Kier molecular flexibility index (Phi) is 2.23. The van der Waals surface area contributed by atoms with E-state index in [0.717, 1.165) is 0 Å². The fraction of sp³-hybridized carbons (Fsp3) is 1.00. The van der Waals surface area contributed by atoms with E-state index in [1.807, 2.05) is 20.8 Å². The zero-order valence-corrected chi connectivity index (χ0v) is 7.24. The van der Waals surface area contributed by atoms with Crippen molar-refractivity contribution in [1.82, 2.24) is 0 Å². The molecule has 1 aliphatic heterocycles. The lowest BCUT2D eigenvalue weighted by atomic mass is 9.85.